The van der Waals surface area contributed by atoms with Crippen molar-refractivity contribution in [3.63, 3.8) is 0 Å². The smallest absolute Gasteiger partial charge is 0.0604 e. The average molecular weight is 256 g/mol. The van der Waals surface area contributed by atoms with E-state index < -0.39 is 0 Å². The number of hydrogen-bond donors (Lipinski definition) is 1. The summed E-state index contributed by atoms with van der Waals surface area (Å²) >= 11 is 0. The Balaban J connectivity index is 1.55. The quantitative estimate of drug-likeness (QED) is 0.893. The second-order valence-electron chi connectivity index (χ2n) is 5.18. The number of benzene rings is 1. The maximum atomic E-state index is 5.57. The summed E-state index contributed by atoms with van der Waals surface area (Å²) in [7, 11) is 0. The molecule has 1 aliphatic carbocycles. The first kappa shape index (κ1) is 12.6. The van der Waals surface area contributed by atoms with Gasteiger partial charge in [-0.05, 0) is 42.8 Å². The monoisotopic (exact) mass is 256 g/mol. The first-order valence-electron chi connectivity index (χ1n) is 7.03. The summed E-state index contributed by atoms with van der Waals surface area (Å²) in [5.74, 6) is 0. The van der Waals surface area contributed by atoms with Crippen molar-refractivity contribution < 1.29 is 4.74 Å². The average Bonchev–Trinajstić information content (AvgIpc) is 2.41. The molecule has 3 nitrogen and oxygen atoms in total. The number of pyridine rings is 1. The maximum Gasteiger partial charge on any atom is 0.0604 e. The van der Waals surface area contributed by atoms with Gasteiger partial charge in [0.25, 0.3) is 0 Å². The highest BCUT2D eigenvalue weighted by atomic mass is 16.5. The summed E-state index contributed by atoms with van der Waals surface area (Å²) in [5, 5.41) is 6.05. The zero-order valence-electron chi connectivity index (χ0n) is 11.3. The molecule has 100 valence electrons. The Hall–Kier alpha value is -1.45. The Morgan fingerprint density at radius 3 is 3.00 bits per heavy atom. The molecule has 0 spiro atoms. The van der Waals surface area contributed by atoms with Gasteiger partial charge in [0.2, 0.25) is 0 Å². The summed E-state index contributed by atoms with van der Waals surface area (Å²) in [6, 6.07) is 9.24. The van der Waals surface area contributed by atoms with E-state index in [0.29, 0.717) is 12.1 Å². The molecule has 1 aliphatic rings. The summed E-state index contributed by atoms with van der Waals surface area (Å²) in [5.41, 5.74) is 1.33. The van der Waals surface area contributed by atoms with Gasteiger partial charge in [-0.1, -0.05) is 12.1 Å². The molecule has 19 heavy (non-hydrogen) atoms. The van der Waals surface area contributed by atoms with E-state index in [9.17, 15) is 0 Å². The number of nitrogens with one attached hydrogen (secondary N) is 1. The fourth-order valence-electron chi connectivity index (χ4n) is 2.61. The fourth-order valence-corrected chi connectivity index (χ4v) is 2.61. The van der Waals surface area contributed by atoms with Crippen molar-refractivity contribution in [2.45, 2.75) is 38.5 Å². The van der Waals surface area contributed by atoms with Crippen molar-refractivity contribution in [3.8, 4) is 0 Å². The number of ether oxygens (including phenoxy) is 1. The minimum atomic E-state index is 0.477. The third kappa shape index (κ3) is 2.94. The molecule has 3 rings (SSSR count). The van der Waals surface area contributed by atoms with E-state index in [-0.39, 0.29) is 0 Å². The van der Waals surface area contributed by atoms with Crippen molar-refractivity contribution in [1.82, 2.24) is 10.3 Å². The van der Waals surface area contributed by atoms with Crippen molar-refractivity contribution in [3.05, 3.63) is 42.2 Å². The molecule has 1 N–H and O–H groups in total. The Kier molecular flexibility index (Phi) is 3.76. The second kappa shape index (κ2) is 5.68. The van der Waals surface area contributed by atoms with Gasteiger partial charge in [0.15, 0.2) is 0 Å². The highest BCUT2D eigenvalue weighted by Gasteiger charge is 2.28. The van der Waals surface area contributed by atoms with Crippen LogP contribution in [0.5, 0.6) is 0 Å². The van der Waals surface area contributed by atoms with Gasteiger partial charge in [-0.15, -0.1) is 0 Å². The number of hydrogen-bond acceptors (Lipinski definition) is 3. The van der Waals surface area contributed by atoms with E-state index in [2.05, 4.69) is 41.5 Å². The van der Waals surface area contributed by atoms with E-state index in [0.717, 1.165) is 26.0 Å². The highest BCUT2D eigenvalue weighted by Crippen LogP contribution is 2.23. The van der Waals surface area contributed by atoms with Gasteiger partial charge in [0.1, 0.15) is 0 Å². The predicted octanol–water partition coefficient (Wildman–Crippen LogP) is 2.89. The van der Waals surface area contributed by atoms with Gasteiger partial charge in [0, 0.05) is 37.0 Å². The van der Waals surface area contributed by atoms with Crippen molar-refractivity contribution in [2.24, 2.45) is 0 Å². The molecular formula is C16H20N2O. The lowest BCUT2D eigenvalue weighted by Gasteiger charge is -2.35. The molecule has 0 saturated heterocycles. The standard InChI is InChI=1S/C16H20N2O/c1-2-19-16-8-15(9-16)18-10-12-3-4-14-11-17-6-5-13(14)7-12/h3-7,11,15-16,18H,2,8-10H2,1H3. The van der Waals surface area contributed by atoms with Crippen LogP contribution in [0.3, 0.4) is 0 Å². The van der Waals surface area contributed by atoms with Crippen LogP contribution in [0.15, 0.2) is 36.7 Å². The van der Waals surface area contributed by atoms with Crippen molar-refractivity contribution in [1.29, 1.82) is 0 Å². The third-order valence-electron chi connectivity index (χ3n) is 3.80. The first-order chi connectivity index (χ1) is 9.35. The van der Waals surface area contributed by atoms with E-state index in [1.54, 1.807) is 0 Å². The lowest BCUT2D eigenvalue weighted by molar-refractivity contribution is -0.0102. The van der Waals surface area contributed by atoms with Crippen LogP contribution in [0.25, 0.3) is 10.8 Å². The molecule has 2 aromatic rings. The van der Waals surface area contributed by atoms with Gasteiger partial charge < -0.3 is 10.1 Å². The van der Waals surface area contributed by atoms with Gasteiger partial charge in [-0.3, -0.25) is 4.98 Å². The van der Waals surface area contributed by atoms with Crippen LogP contribution in [0.1, 0.15) is 25.3 Å². The summed E-state index contributed by atoms with van der Waals surface area (Å²) in [6.07, 6.45) is 6.52. The molecule has 1 aromatic heterocycles. The fraction of sp³-hybridized carbons (Fsp3) is 0.438. The zero-order valence-corrected chi connectivity index (χ0v) is 11.3. The lowest BCUT2D eigenvalue weighted by atomic mass is 9.89. The molecule has 0 bridgehead atoms. The van der Waals surface area contributed by atoms with Crippen LogP contribution in [-0.2, 0) is 11.3 Å². The molecule has 3 heteroatoms. The van der Waals surface area contributed by atoms with Crippen LogP contribution < -0.4 is 5.32 Å². The van der Waals surface area contributed by atoms with Gasteiger partial charge in [0.05, 0.1) is 6.10 Å². The molecule has 1 fully saturated rings. The molecule has 0 atom stereocenters. The Bertz CT molecular complexity index is 549. The summed E-state index contributed by atoms with van der Waals surface area (Å²) in [4.78, 5) is 4.14. The van der Waals surface area contributed by atoms with E-state index in [1.165, 1.54) is 16.3 Å². The molecule has 1 saturated carbocycles. The highest BCUT2D eigenvalue weighted by molar-refractivity contribution is 5.81. The molecule has 0 aliphatic heterocycles. The number of nitrogens with zero attached hydrogens (tertiary/aromatic N) is 1. The number of fused-ring (bicyclic) bond motifs is 1. The summed E-state index contributed by atoms with van der Waals surface area (Å²) < 4.78 is 5.57. The van der Waals surface area contributed by atoms with Crippen LogP contribution in [0.4, 0.5) is 0 Å². The Labute approximate surface area is 114 Å². The topological polar surface area (TPSA) is 34.1 Å². The molecule has 1 heterocycles. The normalized spacial score (nSPS) is 22.4. The second-order valence-corrected chi connectivity index (χ2v) is 5.18. The molecule has 0 radical (unpaired) electrons. The Morgan fingerprint density at radius 1 is 1.26 bits per heavy atom. The van der Waals surface area contributed by atoms with Crippen molar-refractivity contribution in [2.75, 3.05) is 6.61 Å². The van der Waals surface area contributed by atoms with Gasteiger partial charge in [-0.2, -0.15) is 0 Å². The first-order valence-corrected chi connectivity index (χ1v) is 7.03. The van der Waals surface area contributed by atoms with Crippen LogP contribution in [-0.4, -0.2) is 23.7 Å². The van der Waals surface area contributed by atoms with Crippen LogP contribution >= 0.6 is 0 Å². The van der Waals surface area contributed by atoms with Crippen LogP contribution in [0.2, 0.25) is 0 Å². The largest absolute Gasteiger partial charge is 0.378 e. The van der Waals surface area contributed by atoms with Crippen molar-refractivity contribution >= 4 is 10.8 Å². The molecule has 1 aromatic carbocycles. The summed E-state index contributed by atoms with van der Waals surface area (Å²) in [6.45, 7) is 3.82. The minimum absolute atomic E-state index is 0.477. The number of aromatic nitrogens is 1. The van der Waals surface area contributed by atoms with Gasteiger partial charge >= 0.3 is 0 Å². The van der Waals surface area contributed by atoms with E-state index >= 15 is 0 Å². The number of rotatable bonds is 5. The predicted molar refractivity (Wildman–Crippen MR) is 77.0 cm³/mol. The third-order valence-corrected chi connectivity index (χ3v) is 3.80. The molecule has 0 amide bonds. The Morgan fingerprint density at radius 2 is 2.16 bits per heavy atom. The van der Waals surface area contributed by atoms with E-state index in [1.807, 2.05) is 12.4 Å². The molecular weight excluding hydrogens is 236 g/mol. The SMILES string of the molecule is CCOC1CC(NCc2ccc3cnccc3c2)C1. The lowest BCUT2D eigenvalue weighted by Crippen LogP contribution is -2.45. The maximum absolute atomic E-state index is 5.57. The minimum Gasteiger partial charge on any atom is -0.378 e. The van der Waals surface area contributed by atoms with E-state index in [4.69, 9.17) is 4.74 Å². The van der Waals surface area contributed by atoms with Gasteiger partial charge in [-0.25, -0.2) is 0 Å². The molecule has 0 unspecified atom stereocenters. The zero-order chi connectivity index (χ0) is 13.1. The van der Waals surface area contributed by atoms with Crippen LogP contribution in [0, 0.1) is 0 Å².